The molecule has 0 saturated carbocycles. The van der Waals surface area contributed by atoms with Crippen LogP contribution < -0.4 is 10.2 Å². The summed E-state index contributed by atoms with van der Waals surface area (Å²) >= 11 is 0. The molecule has 3 heterocycles. The van der Waals surface area contributed by atoms with Gasteiger partial charge in [0.25, 0.3) is 0 Å². The summed E-state index contributed by atoms with van der Waals surface area (Å²) in [5.41, 5.74) is 1.23. The zero-order valence-electron chi connectivity index (χ0n) is 9.82. The lowest BCUT2D eigenvalue weighted by molar-refractivity contribution is 0.340. The molecule has 0 bridgehead atoms. The topological polar surface area (TPSA) is 28.2 Å². The molecule has 86 valence electrons. The predicted molar refractivity (Wildman–Crippen MR) is 65.7 cm³/mol. The van der Waals surface area contributed by atoms with Gasteiger partial charge in [0, 0.05) is 25.3 Å². The number of aryl methyl sites for hydroxylation is 1. The van der Waals surface area contributed by atoms with E-state index in [1.807, 2.05) is 6.20 Å². The van der Waals surface area contributed by atoms with Crippen molar-refractivity contribution < 1.29 is 0 Å². The number of hydrogen-bond acceptors (Lipinski definition) is 3. The largest absolute Gasteiger partial charge is 0.355 e. The summed E-state index contributed by atoms with van der Waals surface area (Å²) in [6.45, 7) is 5.58. The lowest BCUT2D eigenvalue weighted by atomic mass is 9.94. The fourth-order valence-corrected chi connectivity index (χ4v) is 2.88. The number of piperidine rings is 1. The van der Waals surface area contributed by atoms with Gasteiger partial charge in [0.05, 0.1) is 0 Å². The van der Waals surface area contributed by atoms with E-state index in [9.17, 15) is 0 Å². The molecule has 2 saturated heterocycles. The Hall–Kier alpha value is -1.09. The Balaban J connectivity index is 1.75. The Morgan fingerprint density at radius 2 is 2.31 bits per heavy atom. The van der Waals surface area contributed by atoms with Crippen molar-refractivity contribution in [2.75, 3.05) is 24.5 Å². The van der Waals surface area contributed by atoms with Gasteiger partial charge in [0.2, 0.25) is 0 Å². The van der Waals surface area contributed by atoms with E-state index in [0.29, 0.717) is 6.04 Å². The summed E-state index contributed by atoms with van der Waals surface area (Å²) in [6, 6.07) is 4.99. The average Bonchev–Trinajstić information content (AvgIpc) is 2.73. The fraction of sp³-hybridized carbons (Fsp3) is 0.615. The number of nitrogens with zero attached hydrogens (tertiary/aromatic N) is 2. The third kappa shape index (κ3) is 1.80. The molecule has 0 spiro atoms. The molecule has 3 heteroatoms. The highest BCUT2D eigenvalue weighted by Crippen LogP contribution is 2.27. The number of anilines is 1. The van der Waals surface area contributed by atoms with Crippen LogP contribution in [0.5, 0.6) is 0 Å². The summed E-state index contributed by atoms with van der Waals surface area (Å²) in [5.74, 6) is 1.97. The first kappa shape index (κ1) is 10.1. The molecule has 2 aliphatic heterocycles. The van der Waals surface area contributed by atoms with Crippen LogP contribution in [0.4, 0.5) is 5.82 Å². The van der Waals surface area contributed by atoms with E-state index in [-0.39, 0.29) is 0 Å². The molecule has 3 nitrogen and oxygen atoms in total. The van der Waals surface area contributed by atoms with E-state index in [0.717, 1.165) is 18.3 Å². The lowest BCUT2D eigenvalue weighted by Gasteiger charge is -2.24. The molecule has 0 aromatic carbocycles. The van der Waals surface area contributed by atoms with Crippen molar-refractivity contribution in [2.45, 2.75) is 25.8 Å². The molecular formula is C13H19N3. The van der Waals surface area contributed by atoms with Crippen LogP contribution in [0.1, 0.15) is 18.4 Å². The smallest absolute Gasteiger partial charge is 0.128 e. The van der Waals surface area contributed by atoms with Gasteiger partial charge in [-0.3, -0.25) is 0 Å². The molecule has 2 unspecified atom stereocenters. The van der Waals surface area contributed by atoms with Gasteiger partial charge in [-0.25, -0.2) is 4.98 Å². The van der Waals surface area contributed by atoms with Crippen molar-refractivity contribution >= 4 is 5.82 Å². The van der Waals surface area contributed by atoms with Crippen LogP contribution in [0, 0.1) is 12.8 Å². The third-order valence-corrected chi connectivity index (χ3v) is 3.82. The number of hydrogen-bond donors (Lipinski definition) is 1. The lowest BCUT2D eigenvalue weighted by Crippen LogP contribution is -2.40. The number of rotatable bonds is 1. The Morgan fingerprint density at radius 3 is 3.06 bits per heavy atom. The molecule has 1 aromatic heterocycles. The highest BCUT2D eigenvalue weighted by Gasteiger charge is 2.34. The fourth-order valence-electron chi connectivity index (χ4n) is 2.88. The van der Waals surface area contributed by atoms with Gasteiger partial charge in [-0.05, 0) is 43.9 Å². The minimum atomic E-state index is 0.692. The molecule has 1 N–H and O–H groups in total. The number of fused-ring (bicyclic) bond motifs is 1. The summed E-state index contributed by atoms with van der Waals surface area (Å²) < 4.78 is 0. The Bertz CT molecular complexity index is 346. The van der Waals surface area contributed by atoms with Crippen molar-refractivity contribution in [2.24, 2.45) is 5.92 Å². The maximum Gasteiger partial charge on any atom is 0.128 e. The molecule has 0 radical (unpaired) electrons. The van der Waals surface area contributed by atoms with Gasteiger partial charge in [-0.15, -0.1) is 0 Å². The van der Waals surface area contributed by atoms with Crippen molar-refractivity contribution in [1.29, 1.82) is 0 Å². The SMILES string of the molecule is Cc1ccc(N2CC3CCCNC3C2)nc1. The molecule has 2 aliphatic rings. The first-order chi connectivity index (χ1) is 7.83. The van der Waals surface area contributed by atoms with Gasteiger partial charge in [-0.2, -0.15) is 0 Å². The van der Waals surface area contributed by atoms with Crippen molar-refractivity contribution in [3.63, 3.8) is 0 Å². The second kappa shape index (κ2) is 4.06. The van der Waals surface area contributed by atoms with Crippen LogP contribution in [0.25, 0.3) is 0 Å². The molecule has 0 amide bonds. The Kier molecular flexibility index (Phi) is 2.56. The van der Waals surface area contributed by atoms with E-state index in [1.165, 1.54) is 31.5 Å². The molecule has 3 rings (SSSR count). The minimum absolute atomic E-state index is 0.692. The quantitative estimate of drug-likeness (QED) is 0.774. The molecule has 16 heavy (non-hydrogen) atoms. The van der Waals surface area contributed by atoms with Crippen LogP contribution in [0.15, 0.2) is 18.3 Å². The molecule has 2 atom stereocenters. The van der Waals surface area contributed by atoms with Crippen LogP contribution in [0.3, 0.4) is 0 Å². The first-order valence-electron chi connectivity index (χ1n) is 6.24. The maximum absolute atomic E-state index is 4.52. The summed E-state index contributed by atoms with van der Waals surface area (Å²) in [6.07, 6.45) is 4.67. The van der Waals surface area contributed by atoms with E-state index in [4.69, 9.17) is 0 Å². The second-order valence-corrected chi connectivity index (χ2v) is 5.06. The van der Waals surface area contributed by atoms with Crippen molar-refractivity contribution in [1.82, 2.24) is 10.3 Å². The summed E-state index contributed by atoms with van der Waals surface area (Å²) in [5, 5.41) is 3.62. The van der Waals surface area contributed by atoms with E-state index in [1.54, 1.807) is 0 Å². The summed E-state index contributed by atoms with van der Waals surface area (Å²) in [7, 11) is 0. The van der Waals surface area contributed by atoms with E-state index in [2.05, 4.69) is 34.3 Å². The predicted octanol–water partition coefficient (Wildman–Crippen LogP) is 1.58. The van der Waals surface area contributed by atoms with Crippen molar-refractivity contribution in [3.8, 4) is 0 Å². The Labute approximate surface area is 96.9 Å². The molecule has 0 aliphatic carbocycles. The zero-order chi connectivity index (χ0) is 11.0. The number of aromatic nitrogens is 1. The molecular weight excluding hydrogens is 198 g/mol. The highest BCUT2D eigenvalue weighted by molar-refractivity contribution is 5.41. The van der Waals surface area contributed by atoms with Crippen LogP contribution in [-0.4, -0.2) is 30.7 Å². The number of nitrogens with one attached hydrogen (secondary N) is 1. The molecule has 2 fully saturated rings. The van der Waals surface area contributed by atoms with E-state index < -0.39 is 0 Å². The standard InChI is InChI=1S/C13H19N3/c1-10-4-5-13(15-7-10)16-8-11-3-2-6-14-12(11)9-16/h4-5,7,11-12,14H,2-3,6,8-9H2,1H3. The van der Waals surface area contributed by atoms with Crippen LogP contribution >= 0.6 is 0 Å². The van der Waals surface area contributed by atoms with Crippen LogP contribution in [0.2, 0.25) is 0 Å². The first-order valence-corrected chi connectivity index (χ1v) is 6.24. The second-order valence-electron chi connectivity index (χ2n) is 5.06. The minimum Gasteiger partial charge on any atom is -0.355 e. The van der Waals surface area contributed by atoms with Gasteiger partial charge in [-0.1, -0.05) is 6.07 Å². The highest BCUT2D eigenvalue weighted by atomic mass is 15.2. The third-order valence-electron chi connectivity index (χ3n) is 3.82. The average molecular weight is 217 g/mol. The van der Waals surface area contributed by atoms with Crippen molar-refractivity contribution in [3.05, 3.63) is 23.9 Å². The van der Waals surface area contributed by atoms with E-state index >= 15 is 0 Å². The van der Waals surface area contributed by atoms with Gasteiger partial charge in [0.1, 0.15) is 5.82 Å². The normalized spacial score (nSPS) is 29.2. The summed E-state index contributed by atoms with van der Waals surface area (Å²) in [4.78, 5) is 6.94. The zero-order valence-corrected chi connectivity index (χ0v) is 9.82. The molecule has 1 aromatic rings. The Morgan fingerprint density at radius 1 is 1.38 bits per heavy atom. The maximum atomic E-state index is 4.52. The monoisotopic (exact) mass is 217 g/mol. The van der Waals surface area contributed by atoms with Crippen LogP contribution in [-0.2, 0) is 0 Å². The van der Waals surface area contributed by atoms with Gasteiger partial charge in [0.15, 0.2) is 0 Å². The van der Waals surface area contributed by atoms with Gasteiger partial charge >= 0.3 is 0 Å². The van der Waals surface area contributed by atoms with Gasteiger partial charge < -0.3 is 10.2 Å². The number of pyridine rings is 1.